The van der Waals surface area contributed by atoms with Crippen LogP contribution in [0.25, 0.3) is 0 Å². The van der Waals surface area contributed by atoms with Crippen LogP contribution in [0.2, 0.25) is 0 Å². The van der Waals surface area contributed by atoms with Crippen LogP contribution in [0.15, 0.2) is 6.20 Å². The van der Waals surface area contributed by atoms with E-state index in [4.69, 9.17) is 9.84 Å². The maximum atomic E-state index is 12.8. The van der Waals surface area contributed by atoms with E-state index in [0.29, 0.717) is 31.6 Å². The van der Waals surface area contributed by atoms with E-state index >= 15 is 0 Å². The SMILES string of the molecule is Cc1cn(C2CCCCC2)nc1NC(=O)N1CCOCC1CC1CC1. The standard InChI is InChI=1S/C19H30N4O2/c1-14-12-23(16-5-3-2-4-6-16)21-18(14)20-19(24)22-9-10-25-13-17(22)11-15-7-8-15/h12,15-17H,2-11,13H2,1H3,(H,20,21,24). The number of ether oxygens (including phenoxy) is 1. The van der Waals surface area contributed by atoms with Gasteiger partial charge in [-0.05, 0) is 32.1 Å². The number of aryl methyl sites for hydroxylation is 1. The summed E-state index contributed by atoms with van der Waals surface area (Å²) in [6, 6.07) is 0.678. The van der Waals surface area contributed by atoms with Crippen molar-refractivity contribution in [1.29, 1.82) is 0 Å². The molecule has 2 heterocycles. The second kappa shape index (κ2) is 7.36. The lowest BCUT2D eigenvalue weighted by Gasteiger charge is -2.35. The summed E-state index contributed by atoms with van der Waals surface area (Å²) in [6.07, 6.45) is 12.1. The number of urea groups is 1. The minimum Gasteiger partial charge on any atom is -0.377 e. The van der Waals surface area contributed by atoms with Crippen molar-refractivity contribution in [2.45, 2.75) is 70.4 Å². The Balaban J connectivity index is 1.41. The second-order valence-corrected chi connectivity index (χ2v) is 7.96. The fourth-order valence-corrected chi connectivity index (χ4v) is 4.17. The molecule has 2 aliphatic carbocycles. The van der Waals surface area contributed by atoms with Crippen LogP contribution in [0.5, 0.6) is 0 Å². The molecule has 2 amide bonds. The molecule has 4 rings (SSSR count). The maximum absolute atomic E-state index is 12.8. The summed E-state index contributed by atoms with van der Waals surface area (Å²) in [5.74, 6) is 1.50. The Labute approximate surface area is 149 Å². The maximum Gasteiger partial charge on any atom is 0.323 e. The van der Waals surface area contributed by atoms with Crippen molar-refractivity contribution in [3.05, 3.63) is 11.8 Å². The van der Waals surface area contributed by atoms with Gasteiger partial charge in [-0.2, -0.15) is 5.10 Å². The minimum atomic E-state index is -0.0223. The number of aromatic nitrogens is 2. The molecule has 1 saturated heterocycles. The predicted octanol–water partition coefficient (Wildman–Crippen LogP) is 3.73. The molecule has 0 radical (unpaired) electrons. The highest BCUT2D eigenvalue weighted by Gasteiger charge is 2.33. The third-order valence-corrected chi connectivity index (χ3v) is 5.88. The molecule has 6 heteroatoms. The number of hydrogen-bond acceptors (Lipinski definition) is 3. The summed E-state index contributed by atoms with van der Waals surface area (Å²) in [5, 5.41) is 7.76. The van der Waals surface area contributed by atoms with Crippen LogP contribution in [0.3, 0.4) is 0 Å². The van der Waals surface area contributed by atoms with E-state index < -0.39 is 0 Å². The average Bonchev–Trinajstić information content (AvgIpc) is 3.38. The van der Waals surface area contributed by atoms with Crippen molar-refractivity contribution in [2.24, 2.45) is 5.92 Å². The Morgan fingerprint density at radius 2 is 2.08 bits per heavy atom. The molecule has 1 unspecified atom stereocenters. The van der Waals surface area contributed by atoms with Crippen molar-refractivity contribution in [3.63, 3.8) is 0 Å². The van der Waals surface area contributed by atoms with Gasteiger partial charge in [-0.1, -0.05) is 32.1 Å². The zero-order chi connectivity index (χ0) is 17.2. The van der Waals surface area contributed by atoms with E-state index in [1.165, 1.54) is 44.9 Å². The van der Waals surface area contributed by atoms with E-state index in [1.807, 2.05) is 11.8 Å². The zero-order valence-electron chi connectivity index (χ0n) is 15.2. The van der Waals surface area contributed by atoms with Gasteiger partial charge in [-0.15, -0.1) is 0 Å². The van der Waals surface area contributed by atoms with Crippen LogP contribution in [0.1, 0.15) is 63.0 Å². The van der Waals surface area contributed by atoms with E-state index in [1.54, 1.807) is 0 Å². The Bertz CT molecular complexity index is 605. The van der Waals surface area contributed by atoms with Gasteiger partial charge in [0.25, 0.3) is 0 Å². The molecule has 1 aromatic rings. The van der Waals surface area contributed by atoms with Crippen LogP contribution in [-0.2, 0) is 4.74 Å². The number of amides is 2. The summed E-state index contributed by atoms with van der Waals surface area (Å²) >= 11 is 0. The van der Waals surface area contributed by atoms with Crippen LogP contribution in [0, 0.1) is 12.8 Å². The fraction of sp³-hybridized carbons (Fsp3) is 0.789. The van der Waals surface area contributed by atoms with Crippen LogP contribution < -0.4 is 5.32 Å². The van der Waals surface area contributed by atoms with Gasteiger partial charge in [-0.25, -0.2) is 4.79 Å². The average molecular weight is 346 g/mol. The molecular formula is C19H30N4O2. The Morgan fingerprint density at radius 3 is 2.84 bits per heavy atom. The number of morpholine rings is 1. The monoisotopic (exact) mass is 346 g/mol. The molecule has 25 heavy (non-hydrogen) atoms. The molecule has 0 spiro atoms. The molecule has 2 saturated carbocycles. The summed E-state index contributed by atoms with van der Waals surface area (Å²) in [5.41, 5.74) is 1.05. The first-order chi connectivity index (χ1) is 12.2. The summed E-state index contributed by atoms with van der Waals surface area (Å²) < 4.78 is 7.68. The number of nitrogens with one attached hydrogen (secondary N) is 1. The molecule has 1 atom stereocenters. The molecule has 3 fully saturated rings. The largest absolute Gasteiger partial charge is 0.377 e. The topological polar surface area (TPSA) is 59.4 Å². The third-order valence-electron chi connectivity index (χ3n) is 5.88. The Morgan fingerprint density at radius 1 is 1.28 bits per heavy atom. The number of rotatable bonds is 4. The number of hydrogen-bond donors (Lipinski definition) is 1. The molecule has 0 bridgehead atoms. The Kier molecular flexibility index (Phi) is 4.97. The van der Waals surface area contributed by atoms with Crippen molar-refractivity contribution in [1.82, 2.24) is 14.7 Å². The third kappa shape index (κ3) is 4.00. The summed E-state index contributed by atoms with van der Waals surface area (Å²) in [4.78, 5) is 14.8. The second-order valence-electron chi connectivity index (χ2n) is 7.96. The van der Waals surface area contributed by atoms with Crippen LogP contribution in [-0.4, -0.2) is 46.5 Å². The number of anilines is 1. The van der Waals surface area contributed by atoms with Gasteiger partial charge in [0.1, 0.15) is 0 Å². The molecule has 3 aliphatic rings. The van der Waals surface area contributed by atoms with E-state index in [9.17, 15) is 4.79 Å². The smallest absolute Gasteiger partial charge is 0.323 e. The molecule has 6 nitrogen and oxygen atoms in total. The van der Waals surface area contributed by atoms with E-state index in [0.717, 1.165) is 17.9 Å². The quantitative estimate of drug-likeness (QED) is 0.904. The first kappa shape index (κ1) is 16.9. The van der Waals surface area contributed by atoms with Crippen LogP contribution >= 0.6 is 0 Å². The lowest BCUT2D eigenvalue weighted by molar-refractivity contribution is 0.0108. The minimum absolute atomic E-state index is 0.0223. The van der Waals surface area contributed by atoms with Crippen molar-refractivity contribution >= 4 is 11.8 Å². The van der Waals surface area contributed by atoms with Gasteiger partial charge in [0, 0.05) is 18.3 Å². The summed E-state index contributed by atoms with van der Waals surface area (Å²) in [6.45, 7) is 4.00. The van der Waals surface area contributed by atoms with Crippen molar-refractivity contribution in [3.8, 4) is 0 Å². The lowest BCUT2D eigenvalue weighted by Crippen LogP contribution is -2.50. The normalized spacial score (nSPS) is 25.2. The van der Waals surface area contributed by atoms with Gasteiger partial charge in [0.05, 0.1) is 25.3 Å². The number of carbonyl (C=O) groups is 1. The number of nitrogens with zero attached hydrogens (tertiary/aromatic N) is 3. The highest BCUT2D eigenvalue weighted by molar-refractivity contribution is 5.89. The fourth-order valence-electron chi connectivity index (χ4n) is 4.17. The zero-order valence-corrected chi connectivity index (χ0v) is 15.2. The highest BCUT2D eigenvalue weighted by Crippen LogP contribution is 2.35. The highest BCUT2D eigenvalue weighted by atomic mass is 16.5. The van der Waals surface area contributed by atoms with Crippen LogP contribution in [0.4, 0.5) is 10.6 Å². The first-order valence-electron chi connectivity index (χ1n) is 9.92. The van der Waals surface area contributed by atoms with Crippen molar-refractivity contribution in [2.75, 3.05) is 25.1 Å². The Hall–Kier alpha value is -1.56. The molecule has 1 aromatic heterocycles. The van der Waals surface area contributed by atoms with Gasteiger partial charge in [0.2, 0.25) is 0 Å². The lowest BCUT2D eigenvalue weighted by atomic mass is 9.96. The molecule has 138 valence electrons. The number of carbonyl (C=O) groups excluding carboxylic acids is 1. The van der Waals surface area contributed by atoms with Gasteiger partial charge < -0.3 is 9.64 Å². The molecule has 0 aromatic carbocycles. The van der Waals surface area contributed by atoms with Gasteiger partial charge >= 0.3 is 6.03 Å². The van der Waals surface area contributed by atoms with Crippen molar-refractivity contribution < 1.29 is 9.53 Å². The molecular weight excluding hydrogens is 316 g/mol. The first-order valence-corrected chi connectivity index (χ1v) is 9.92. The molecule has 1 N–H and O–H groups in total. The van der Waals surface area contributed by atoms with E-state index in [-0.39, 0.29) is 12.1 Å². The van der Waals surface area contributed by atoms with Gasteiger partial charge in [0.15, 0.2) is 5.82 Å². The van der Waals surface area contributed by atoms with E-state index in [2.05, 4.69) is 16.2 Å². The predicted molar refractivity (Wildman–Crippen MR) is 96.8 cm³/mol. The van der Waals surface area contributed by atoms with Gasteiger partial charge in [-0.3, -0.25) is 10.00 Å². The summed E-state index contributed by atoms with van der Waals surface area (Å²) in [7, 11) is 0. The molecule has 1 aliphatic heterocycles.